The molecule has 1 aliphatic heterocycles. The molecule has 204 valence electrons. The third-order valence-electron chi connectivity index (χ3n) is 5.72. The van der Waals surface area contributed by atoms with E-state index in [1.54, 1.807) is 38.1 Å². The first-order chi connectivity index (χ1) is 18.1. The van der Waals surface area contributed by atoms with Gasteiger partial charge in [-0.2, -0.15) is 0 Å². The lowest BCUT2D eigenvalue weighted by Gasteiger charge is -2.29. The van der Waals surface area contributed by atoms with Gasteiger partial charge < -0.3 is 34.7 Å². The van der Waals surface area contributed by atoms with E-state index < -0.39 is 66.2 Å². The number of ether oxygens (including phenoxy) is 4. The highest BCUT2D eigenvalue weighted by molar-refractivity contribution is 5.98. The molecule has 1 fully saturated rings. The molecule has 1 aromatic carbocycles. The predicted octanol–water partition coefficient (Wildman–Crippen LogP) is 1.74. The molecule has 0 aliphatic carbocycles. The summed E-state index contributed by atoms with van der Waals surface area (Å²) in [4.78, 5) is 55.3. The van der Waals surface area contributed by atoms with E-state index in [0.29, 0.717) is 0 Å². The summed E-state index contributed by atoms with van der Waals surface area (Å²) in [7, 11) is 1.30. The summed E-state index contributed by atoms with van der Waals surface area (Å²) in [6.07, 6.45) is -1.68. The Labute approximate surface area is 219 Å². The Morgan fingerprint density at radius 2 is 1.87 bits per heavy atom. The Balaban J connectivity index is 1.86. The van der Waals surface area contributed by atoms with Crippen LogP contribution in [-0.2, 0) is 30.2 Å². The molecule has 38 heavy (non-hydrogen) atoms. The average Bonchev–Trinajstić information content (AvgIpc) is 2.91. The fraction of sp³-hybridized carbons (Fsp3) is 0.423. The van der Waals surface area contributed by atoms with Crippen LogP contribution in [0.3, 0.4) is 0 Å². The molecule has 2 unspecified atom stereocenters. The number of esters is 2. The topological polar surface area (TPSA) is 162 Å². The number of methoxy groups -OCH3 is 1. The lowest BCUT2D eigenvalue weighted by atomic mass is 9.91. The fourth-order valence-electron chi connectivity index (χ4n) is 3.87. The number of hydrogen-bond acceptors (Lipinski definition) is 10. The first-order valence-electron chi connectivity index (χ1n) is 12.0. The summed E-state index contributed by atoms with van der Waals surface area (Å²) in [6, 6.07) is 8.72. The number of aromatic hydroxyl groups is 1. The van der Waals surface area contributed by atoms with Gasteiger partial charge in [-0.25, -0.2) is 14.6 Å². The number of amides is 2. The molecule has 0 spiro atoms. The molecule has 3 N–H and O–H groups in total. The van der Waals surface area contributed by atoms with Gasteiger partial charge in [-0.1, -0.05) is 30.3 Å². The molecule has 3 rings (SSSR count). The quantitative estimate of drug-likeness (QED) is 0.356. The van der Waals surface area contributed by atoms with Crippen LogP contribution in [0.15, 0.2) is 42.6 Å². The van der Waals surface area contributed by atoms with E-state index in [0.717, 1.165) is 5.56 Å². The fourth-order valence-corrected chi connectivity index (χ4v) is 3.87. The van der Waals surface area contributed by atoms with E-state index >= 15 is 0 Å². The number of alkyl carbamates (subject to hydrolysis) is 1. The summed E-state index contributed by atoms with van der Waals surface area (Å²) in [5.74, 6) is -4.14. The predicted molar refractivity (Wildman–Crippen MR) is 132 cm³/mol. The lowest BCUT2D eigenvalue weighted by Crippen LogP contribution is -2.47. The molecule has 1 aliphatic rings. The largest absolute Gasteiger partial charge is 0.503 e. The average molecular weight is 530 g/mol. The van der Waals surface area contributed by atoms with Crippen LogP contribution in [0.4, 0.5) is 4.79 Å². The van der Waals surface area contributed by atoms with Crippen LogP contribution in [0, 0.1) is 5.92 Å². The van der Waals surface area contributed by atoms with Gasteiger partial charge >= 0.3 is 18.0 Å². The Bertz CT molecular complexity index is 1160. The molecule has 2 aromatic rings. The van der Waals surface area contributed by atoms with Crippen LogP contribution >= 0.6 is 0 Å². The number of nitrogens with one attached hydrogen (secondary N) is 2. The standard InChI is InChI=1S/C26H31N3O9/c1-14(2)28-26(34)38-22-15(3)37-25(33)18(29-23(31)20-21(30)19(35-4)10-11-27-20)13-36-24(32)17(22)12-16-8-6-5-7-9-16/h5-11,14-15,17-18,22,30H,12-13H2,1-4H3,(H,28,34)(H,29,31)/t15-,17+,18?,22?/m0/s1. The molecule has 1 saturated heterocycles. The number of carbonyl (C=O) groups is 4. The summed E-state index contributed by atoms with van der Waals surface area (Å²) in [5.41, 5.74) is 0.374. The summed E-state index contributed by atoms with van der Waals surface area (Å²) in [6.45, 7) is 4.41. The summed E-state index contributed by atoms with van der Waals surface area (Å²) in [5, 5.41) is 15.2. The van der Waals surface area contributed by atoms with Gasteiger partial charge in [0.1, 0.15) is 18.6 Å². The maximum Gasteiger partial charge on any atom is 0.407 e. The van der Waals surface area contributed by atoms with E-state index in [-0.39, 0.29) is 18.2 Å². The zero-order valence-corrected chi connectivity index (χ0v) is 21.5. The number of aromatic nitrogens is 1. The first kappa shape index (κ1) is 28.2. The molecule has 0 bridgehead atoms. The summed E-state index contributed by atoms with van der Waals surface area (Å²) < 4.78 is 21.5. The van der Waals surface area contributed by atoms with E-state index in [1.807, 2.05) is 6.07 Å². The molecule has 2 amide bonds. The zero-order valence-electron chi connectivity index (χ0n) is 21.5. The smallest absolute Gasteiger partial charge is 0.407 e. The van der Waals surface area contributed by atoms with Crippen molar-refractivity contribution in [3.05, 3.63) is 53.9 Å². The SMILES string of the molecule is COc1ccnc(C(=O)NC2COC(=O)[C@H](Cc3ccccc3)C(OC(=O)NC(C)C)[C@H](C)OC2=O)c1O. The third-order valence-corrected chi connectivity index (χ3v) is 5.72. The van der Waals surface area contributed by atoms with Crippen LogP contribution in [0.1, 0.15) is 36.8 Å². The van der Waals surface area contributed by atoms with E-state index in [9.17, 15) is 24.3 Å². The number of benzene rings is 1. The Morgan fingerprint density at radius 1 is 1.16 bits per heavy atom. The molecule has 4 atom stereocenters. The van der Waals surface area contributed by atoms with Crippen LogP contribution in [0.25, 0.3) is 0 Å². The van der Waals surface area contributed by atoms with Gasteiger partial charge in [0, 0.05) is 18.3 Å². The number of hydrogen-bond donors (Lipinski definition) is 3. The second kappa shape index (κ2) is 12.7. The minimum absolute atomic E-state index is 0.00524. The van der Waals surface area contributed by atoms with Gasteiger partial charge in [-0.05, 0) is 32.8 Å². The van der Waals surface area contributed by atoms with E-state index in [2.05, 4.69) is 15.6 Å². The molecule has 12 nitrogen and oxygen atoms in total. The van der Waals surface area contributed by atoms with Crippen molar-refractivity contribution >= 4 is 23.9 Å². The van der Waals surface area contributed by atoms with Gasteiger partial charge in [0.25, 0.3) is 5.91 Å². The number of pyridine rings is 1. The van der Waals surface area contributed by atoms with Crippen molar-refractivity contribution in [2.45, 2.75) is 51.5 Å². The maximum absolute atomic E-state index is 13.2. The van der Waals surface area contributed by atoms with Crippen molar-refractivity contribution in [3.8, 4) is 11.5 Å². The van der Waals surface area contributed by atoms with Crippen molar-refractivity contribution in [1.29, 1.82) is 0 Å². The summed E-state index contributed by atoms with van der Waals surface area (Å²) >= 11 is 0. The highest BCUT2D eigenvalue weighted by atomic mass is 16.6. The van der Waals surface area contributed by atoms with Gasteiger partial charge in [-0.3, -0.25) is 9.59 Å². The molecule has 1 aromatic heterocycles. The first-order valence-corrected chi connectivity index (χ1v) is 12.0. The van der Waals surface area contributed by atoms with Gasteiger partial charge in [-0.15, -0.1) is 0 Å². The monoisotopic (exact) mass is 529 g/mol. The zero-order chi connectivity index (χ0) is 27.8. The number of carbonyl (C=O) groups excluding carboxylic acids is 4. The molecular formula is C26H31N3O9. The highest BCUT2D eigenvalue weighted by Gasteiger charge is 2.42. The van der Waals surface area contributed by atoms with Crippen molar-refractivity contribution < 1.29 is 43.2 Å². The van der Waals surface area contributed by atoms with Crippen LogP contribution in [-0.4, -0.2) is 72.0 Å². The van der Waals surface area contributed by atoms with Gasteiger partial charge in [0.05, 0.1) is 7.11 Å². The third kappa shape index (κ3) is 7.11. The minimum atomic E-state index is -1.43. The molecule has 12 heteroatoms. The molecule has 0 saturated carbocycles. The highest BCUT2D eigenvalue weighted by Crippen LogP contribution is 2.28. The molecular weight excluding hydrogens is 498 g/mol. The molecule has 2 heterocycles. The van der Waals surface area contributed by atoms with E-state index in [1.165, 1.54) is 26.3 Å². The second-order valence-corrected chi connectivity index (χ2v) is 8.97. The van der Waals surface area contributed by atoms with Crippen molar-refractivity contribution in [1.82, 2.24) is 15.6 Å². The number of nitrogens with zero attached hydrogens (tertiary/aromatic N) is 1. The van der Waals surface area contributed by atoms with Crippen molar-refractivity contribution in [2.75, 3.05) is 13.7 Å². The maximum atomic E-state index is 13.2. The lowest BCUT2D eigenvalue weighted by molar-refractivity contribution is -0.159. The second-order valence-electron chi connectivity index (χ2n) is 8.97. The van der Waals surface area contributed by atoms with Gasteiger partial charge in [0.2, 0.25) is 0 Å². The Morgan fingerprint density at radius 3 is 2.53 bits per heavy atom. The van der Waals surface area contributed by atoms with E-state index in [4.69, 9.17) is 18.9 Å². The van der Waals surface area contributed by atoms with Crippen LogP contribution in [0.2, 0.25) is 0 Å². The Hall–Kier alpha value is -4.35. The molecule has 0 radical (unpaired) electrons. The van der Waals surface area contributed by atoms with Crippen LogP contribution < -0.4 is 15.4 Å². The van der Waals surface area contributed by atoms with Crippen molar-refractivity contribution in [2.24, 2.45) is 5.92 Å². The van der Waals surface area contributed by atoms with Gasteiger partial charge in [0.15, 0.2) is 29.3 Å². The number of cyclic esters (lactones) is 2. The number of rotatable bonds is 7. The minimum Gasteiger partial charge on any atom is -0.503 e. The van der Waals surface area contributed by atoms with Crippen molar-refractivity contribution in [3.63, 3.8) is 0 Å². The normalized spacial score (nSPS) is 21.7. The van der Waals surface area contributed by atoms with Crippen LogP contribution in [0.5, 0.6) is 11.5 Å². The Kier molecular flexibility index (Phi) is 9.47.